The van der Waals surface area contributed by atoms with Gasteiger partial charge in [-0.1, -0.05) is 12.1 Å². The van der Waals surface area contributed by atoms with Crippen LogP contribution in [0.2, 0.25) is 0 Å². The molecule has 1 aromatic carbocycles. The van der Waals surface area contributed by atoms with Gasteiger partial charge in [-0.2, -0.15) is 0 Å². The van der Waals surface area contributed by atoms with Gasteiger partial charge in [0.15, 0.2) is 6.61 Å². The van der Waals surface area contributed by atoms with Crippen LogP contribution in [-0.4, -0.2) is 52.3 Å². The summed E-state index contributed by atoms with van der Waals surface area (Å²) in [5.74, 6) is -0.929. The zero-order valence-electron chi connectivity index (χ0n) is 12.1. The van der Waals surface area contributed by atoms with Crippen molar-refractivity contribution in [2.24, 2.45) is 0 Å². The molecule has 0 bridgehead atoms. The maximum Gasteiger partial charge on any atom is 0.326 e. The third-order valence-corrected chi connectivity index (χ3v) is 3.79. The number of aliphatic hydroxyl groups is 1. The third kappa shape index (κ3) is 3.33. The van der Waals surface area contributed by atoms with Crippen LogP contribution < -0.4 is 4.74 Å². The van der Waals surface area contributed by atoms with Gasteiger partial charge in [-0.25, -0.2) is 4.79 Å². The van der Waals surface area contributed by atoms with E-state index in [1.54, 1.807) is 6.07 Å². The molecule has 0 unspecified atom stereocenters. The smallest absolute Gasteiger partial charge is 0.326 e. The number of aliphatic carboxylic acids is 1. The molecule has 1 amide bonds. The summed E-state index contributed by atoms with van der Waals surface area (Å²) in [7, 11) is 0. The van der Waals surface area contributed by atoms with Gasteiger partial charge in [0.2, 0.25) is 0 Å². The summed E-state index contributed by atoms with van der Waals surface area (Å²) >= 11 is 0. The minimum atomic E-state index is -1.10. The van der Waals surface area contributed by atoms with E-state index in [2.05, 4.69) is 0 Å². The average molecular weight is 293 g/mol. The number of nitrogens with zero attached hydrogens (tertiary/aromatic N) is 1. The number of likely N-dealkylation sites (tertiary alicyclic amines) is 1. The lowest BCUT2D eigenvalue weighted by Gasteiger charge is -2.21. The first-order chi connectivity index (χ1) is 9.90. The second-order valence-corrected chi connectivity index (χ2v) is 5.28. The number of hydrogen-bond acceptors (Lipinski definition) is 4. The summed E-state index contributed by atoms with van der Waals surface area (Å²) in [6.07, 6.45) is -0.736. The number of ether oxygens (including phenoxy) is 1. The molecule has 1 aliphatic rings. The van der Waals surface area contributed by atoms with Gasteiger partial charge in [0.05, 0.1) is 6.10 Å². The van der Waals surface area contributed by atoms with Crippen molar-refractivity contribution in [3.8, 4) is 5.75 Å². The first-order valence-corrected chi connectivity index (χ1v) is 6.79. The van der Waals surface area contributed by atoms with Gasteiger partial charge in [0, 0.05) is 13.0 Å². The SMILES string of the molecule is Cc1cccc(OCC(=O)N2C[C@@H](O)C[C@H]2C(=O)O)c1C. The fraction of sp³-hybridized carbons (Fsp3) is 0.467. The summed E-state index contributed by atoms with van der Waals surface area (Å²) in [5.41, 5.74) is 2.00. The van der Waals surface area contributed by atoms with Crippen molar-refractivity contribution in [2.45, 2.75) is 32.4 Å². The van der Waals surface area contributed by atoms with E-state index in [9.17, 15) is 14.7 Å². The monoisotopic (exact) mass is 293 g/mol. The minimum Gasteiger partial charge on any atom is -0.483 e. The maximum atomic E-state index is 12.1. The van der Waals surface area contributed by atoms with E-state index >= 15 is 0 Å². The van der Waals surface area contributed by atoms with E-state index < -0.39 is 24.0 Å². The molecule has 2 N–H and O–H groups in total. The van der Waals surface area contributed by atoms with Crippen molar-refractivity contribution >= 4 is 11.9 Å². The molecule has 0 radical (unpaired) electrons. The average Bonchev–Trinajstić information content (AvgIpc) is 2.82. The second-order valence-electron chi connectivity index (χ2n) is 5.28. The number of carbonyl (C=O) groups excluding carboxylic acids is 1. The fourth-order valence-corrected chi connectivity index (χ4v) is 2.43. The Kier molecular flexibility index (Phi) is 4.47. The minimum absolute atomic E-state index is 0.0337. The van der Waals surface area contributed by atoms with Crippen LogP contribution in [0, 0.1) is 13.8 Å². The molecule has 0 aliphatic carbocycles. The number of carboxylic acids is 1. The number of β-amino-alcohol motifs (C(OH)–C–C–N with tert-alkyl or cyclic N) is 1. The van der Waals surface area contributed by atoms with Crippen LogP contribution in [0.5, 0.6) is 5.75 Å². The molecule has 114 valence electrons. The number of amides is 1. The molecular formula is C15H19NO5. The Morgan fingerprint density at radius 3 is 2.76 bits per heavy atom. The van der Waals surface area contributed by atoms with E-state index in [1.165, 1.54) is 0 Å². The van der Waals surface area contributed by atoms with Crippen molar-refractivity contribution < 1.29 is 24.5 Å². The highest BCUT2D eigenvalue weighted by Crippen LogP contribution is 2.22. The topological polar surface area (TPSA) is 87.1 Å². The van der Waals surface area contributed by atoms with Gasteiger partial charge in [0.1, 0.15) is 11.8 Å². The predicted molar refractivity (Wildman–Crippen MR) is 75.2 cm³/mol. The molecule has 1 fully saturated rings. The summed E-state index contributed by atoms with van der Waals surface area (Å²) in [6.45, 7) is 3.64. The molecule has 0 aromatic heterocycles. The number of carbonyl (C=O) groups is 2. The van der Waals surface area contributed by atoms with Gasteiger partial charge in [-0.15, -0.1) is 0 Å². The zero-order valence-corrected chi connectivity index (χ0v) is 12.1. The van der Waals surface area contributed by atoms with Crippen LogP contribution in [0.4, 0.5) is 0 Å². The van der Waals surface area contributed by atoms with Gasteiger partial charge in [-0.3, -0.25) is 4.79 Å². The van der Waals surface area contributed by atoms with E-state index in [1.807, 2.05) is 26.0 Å². The van der Waals surface area contributed by atoms with Crippen LogP contribution in [-0.2, 0) is 9.59 Å². The lowest BCUT2D eigenvalue weighted by molar-refractivity contribution is -0.149. The molecule has 6 heteroatoms. The first kappa shape index (κ1) is 15.3. The summed E-state index contributed by atoms with van der Waals surface area (Å²) in [5, 5.41) is 18.6. The number of rotatable bonds is 4. The largest absolute Gasteiger partial charge is 0.483 e. The quantitative estimate of drug-likeness (QED) is 0.854. The Labute approximate surface area is 122 Å². The van der Waals surface area contributed by atoms with Crippen LogP contribution >= 0.6 is 0 Å². The van der Waals surface area contributed by atoms with Crippen LogP contribution in [0.15, 0.2) is 18.2 Å². The summed E-state index contributed by atoms with van der Waals surface area (Å²) in [4.78, 5) is 24.4. The van der Waals surface area contributed by atoms with Crippen molar-refractivity contribution in [1.82, 2.24) is 4.90 Å². The maximum absolute atomic E-state index is 12.1. The lowest BCUT2D eigenvalue weighted by Crippen LogP contribution is -2.43. The predicted octanol–water partition coefficient (Wildman–Crippen LogP) is 0.729. The second kappa shape index (κ2) is 6.13. The molecule has 21 heavy (non-hydrogen) atoms. The molecule has 1 heterocycles. The highest BCUT2D eigenvalue weighted by Gasteiger charge is 2.38. The Balaban J connectivity index is 2.01. The molecule has 1 aliphatic heterocycles. The number of hydrogen-bond donors (Lipinski definition) is 2. The summed E-state index contributed by atoms with van der Waals surface area (Å²) in [6, 6.07) is 4.57. The van der Waals surface area contributed by atoms with Gasteiger partial charge in [0.25, 0.3) is 5.91 Å². The standard InChI is InChI=1S/C15H19NO5/c1-9-4-3-5-13(10(9)2)21-8-14(18)16-7-11(17)6-12(16)15(19)20/h3-5,11-12,17H,6-8H2,1-2H3,(H,19,20)/t11-,12-/m0/s1. The molecule has 2 rings (SSSR count). The lowest BCUT2D eigenvalue weighted by atomic mass is 10.1. The molecule has 2 atom stereocenters. The van der Waals surface area contributed by atoms with E-state index in [-0.39, 0.29) is 19.6 Å². The fourth-order valence-electron chi connectivity index (χ4n) is 2.43. The van der Waals surface area contributed by atoms with E-state index in [4.69, 9.17) is 9.84 Å². The Morgan fingerprint density at radius 1 is 1.38 bits per heavy atom. The van der Waals surface area contributed by atoms with Gasteiger partial charge in [-0.05, 0) is 31.0 Å². The molecular weight excluding hydrogens is 274 g/mol. The summed E-state index contributed by atoms with van der Waals surface area (Å²) < 4.78 is 5.49. The molecule has 1 saturated heterocycles. The van der Waals surface area contributed by atoms with Crippen LogP contribution in [0.3, 0.4) is 0 Å². The first-order valence-electron chi connectivity index (χ1n) is 6.79. The van der Waals surface area contributed by atoms with Crippen LogP contribution in [0.1, 0.15) is 17.5 Å². The van der Waals surface area contributed by atoms with Gasteiger partial charge >= 0.3 is 5.97 Å². The van der Waals surface area contributed by atoms with Crippen molar-refractivity contribution in [1.29, 1.82) is 0 Å². The molecule has 0 spiro atoms. The van der Waals surface area contributed by atoms with Crippen LogP contribution in [0.25, 0.3) is 0 Å². The molecule has 6 nitrogen and oxygen atoms in total. The number of aliphatic hydroxyl groups excluding tert-OH is 1. The van der Waals surface area contributed by atoms with Crippen molar-refractivity contribution in [3.63, 3.8) is 0 Å². The van der Waals surface area contributed by atoms with Crippen molar-refractivity contribution in [3.05, 3.63) is 29.3 Å². The Bertz CT molecular complexity index is 557. The van der Waals surface area contributed by atoms with Gasteiger partial charge < -0.3 is 19.8 Å². The van der Waals surface area contributed by atoms with E-state index in [0.717, 1.165) is 16.0 Å². The number of benzene rings is 1. The zero-order chi connectivity index (χ0) is 15.6. The Morgan fingerprint density at radius 2 is 2.10 bits per heavy atom. The molecule has 0 saturated carbocycles. The highest BCUT2D eigenvalue weighted by atomic mass is 16.5. The normalized spacial score (nSPS) is 21.4. The highest BCUT2D eigenvalue weighted by molar-refractivity contribution is 5.85. The molecule has 1 aromatic rings. The van der Waals surface area contributed by atoms with Crippen molar-refractivity contribution in [2.75, 3.05) is 13.2 Å². The number of carboxylic acid groups (broad SMARTS) is 1. The third-order valence-electron chi connectivity index (χ3n) is 3.79. The Hall–Kier alpha value is -2.08. The van der Waals surface area contributed by atoms with E-state index in [0.29, 0.717) is 5.75 Å². The number of aryl methyl sites for hydroxylation is 1.